The van der Waals surface area contributed by atoms with Crippen molar-refractivity contribution in [2.45, 2.75) is 25.3 Å². The molecule has 0 fully saturated rings. The van der Waals surface area contributed by atoms with Crippen molar-refractivity contribution in [1.29, 1.82) is 0 Å². The Morgan fingerprint density at radius 1 is 1.12 bits per heavy atom. The summed E-state index contributed by atoms with van der Waals surface area (Å²) in [5.41, 5.74) is 4.82. The number of fused-ring (bicyclic) bond motifs is 3. The van der Waals surface area contributed by atoms with E-state index in [9.17, 15) is 9.90 Å². The second-order valence-electron chi connectivity index (χ2n) is 6.16. The highest BCUT2D eigenvalue weighted by Crippen LogP contribution is 2.44. The number of benzene rings is 2. The molecular weight excluding hydrogens is 302 g/mol. The molecular formula is C20H23NO3. The van der Waals surface area contributed by atoms with E-state index in [4.69, 9.17) is 4.74 Å². The molecule has 0 bridgehead atoms. The van der Waals surface area contributed by atoms with E-state index in [1.807, 2.05) is 31.2 Å². The SMILES string of the molecule is CCC(CO)N(C)C(=O)OCC1c2ccccc2-c2ccccc21. The second kappa shape index (κ2) is 7.05. The Morgan fingerprint density at radius 3 is 2.17 bits per heavy atom. The van der Waals surface area contributed by atoms with Crippen molar-refractivity contribution in [3.63, 3.8) is 0 Å². The molecule has 1 amide bonds. The summed E-state index contributed by atoms with van der Waals surface area (Å²) in [7, 11) is 1.67. The predicted molar refractivity (Wildman–Crippen MR) is 94.0 cm³/mol. The molecule has 1 N–H and O–H groups in total. The van der Waals surface area contributed by atoms with Gasteiger partial charge in [0.05, 0.1) is 12.6 Å². The van der Waals surface area contributed by atoms with Crippen LogP contribution in [0.5, 0.6) is 0 Å². The van der Waals surface area contributed by atoms with Gasteiger partial charge in [0.1, 0.15) is 6.61 Å². The van der Waals surface area contributed by atoms with Crippen molar-refractivity contribution in [1.82, 2.24) is 4.90 Å². The molecule has 4 nitrogen and oxygen atoms in total. The number of hydrogen-bond acceptors (Lipinski definition) is 3. The minimum atomic E-state index is -0.391. The Hall–Kier alpha value is -2.33. The molecule has 1 atom stereocenters. The van der Waals surface area contributed by atoms with E-state index in [1.54, 1.807) is 7.05 Å². The van der Waals surface area contributed by atoms with Crippen LogP contribution in [-0.2, 0) is 4.74 Å². The van der Waals surface area contributed by atoms with Gasteiger partial charge in [-0.15, -0.1) is 0 Å². The molecule has 0 saturated heterocycles. The fourth-order valence-corrected chi connectivity index (χ4v) is 3.37. The average molecular weight is 325 g/mol. The van der Waals surface area contributed by atoms with Gasteiger partial charge >= 0.3 is 6.09 Å². The molecule has 0 spiro atoms. The number of aliphatic hydroxyl groups is 1. The number of rotatable bonds is 5. The first-order chi connectivity index (χ1) is 11.7. The summed E-state index contributed by atoms with van der Waals surface area (Å²) in [6, 6.07) is 16.3. The number of amides is 1. The number of aliphatic hydroxyl groups excluding tert-OH is 1. The largest absolute Gasteiger partial charge is 0.448 e. The summed E-state index contributed by atoms with van der Waals surface area (Å²) < 4.78 is 5.56. The van der Waals surface area contributed by atoms with Crippen molar-refractivity contribution in [2.75, 3.05) is 20.3 Å². The first-order valence-corrected chi connectivity index (χ1v) is 8.36. The second-order valence-corrected chi connectivity index (χ2v) is 6.16. The van der Waals surface area contributed by atoms with Crippen molar-refractivity contribution >= 4 is 6.09 Å². The van der Waals surface area contributed by atoms with E-state index in [2.05, 4.69) is 24.3 Å². The Labute approximate surface area is 142 Å². The van der Waals surface area contributed by atoms with Crippen LogP contribution in [-0.4, -0.2) is 42.4 Å². The zero-order valence-corrected chi connectivity index (χ0v) is 14.1. The maximum atomic E-state index is 12.3. The Balaban J connectivity index is 1.77. The number of hydrogen-bond donors (Lipinski definition) is 1. The van der Waals surface area contributed by atoms with E-state index in [0.717, 1.165) is 0 Å². The topological polar surface area (TPSA) is 49.8 Å². The van der Waals surface area contributed by atoms with E-state index in [1.165, 1.54) is 27.2 Å². The lowest BCUT2D eigenvalue weighted by Gasteiger charge is -2.25. The molecule has 1 aliphatic rings. The molecule has 0 radical (unpaired) electrons. The van der Waals surface area contributed by atoms with Crippen molar-refractivity contribution < 1.29 is 14.6 Å². The fraction of sp³-hybridized carbons (Fsp3) is 0.350. The molecule has 1 aliphatic carbocycles. The molecule has 126 valence electrons. The van der Waals surface area contributed by atoms with Crippen LogP contribution < -0.4 is 0 Å². The first-order valence-electron chi connectivity index (χ1n) is 8.36. The summed E-state index contributed by atoms with van der Waals surface area (Å²) in [5, 5.41) is 9.34. The first kappa shape index (κ1) is 16.5. The van der Waals surface area contributed by atoms with Gasteiger partial charge in [-0.3, -0.25) is 0 Å². The van der Waals surface area contributed by atoms with Crippen LogP contribution in [0.3, 0.4) is 0 Å². The van der Waals surface area contributed by atoms with Gasteiger partial charge in [-0.05, 0) is 28.7 Å². The predicted octanol–water partition coefficient (Wildman–Crippen LogP) is 3.64. The van der Waals surface area contributed by atoms with Gasteiger partial charge in [0.2, 0.25) is 0 Å². The van der Waals surface area contributed by atoms with Crippen molar-refractivity contribution in [2.24, 2.45) is 0 Å². The van der Waals surface area contributed by atoms with Crippen LogP contribution in [0, 0.1) is 0 Å². The molecule has 0 saturated carbocycles. The summed E-state index contributed by atoms with van der Waals surface area (Å²) >= 11 is 0. The highest BCUT2D eigenvalue weighted by atomic mass is 16.6. The third-order valence-electron chi connectivity index (χ3n) is 4.85. The van der Waals surface area contributed by atoms with Gasteiger partial charge in [0.15, 0.2) is 0 Å². The summed E-state index contributed by atoms with van der Waals surface area (Å²) in [5.74, 6) is 0.0592. The van der Waals surface area contributed by atoms with Gasteiger partial charge in [-0.25, -0.2) is 4.79 Å². The monoisotopic (exact) mass is 325 g/mol. The van der Waals surface area contributed by atoms with Gasteiger partial charge in [-0.1, -0.05) is 55.5 Å². The number of carbonyl (C=O) groups excluding carboxylic acids is 1. The minimum Gasteiger partial charge on any atom is -0.448 e. The van der Waals surface area contributed by atoms with E-state index >= 15 is 0 Å². The van der Waals surface area contributed by atoms with E-state index in [0.29, 0.717) is 13.0 Å². The van der Waals surface area contributed by atoms with Gasteiger partial charge in [0.25, 0.3) is 0 Å². The fourth-order valence-electron chi connectivity index (χ4n) is 3.37. The average Bonchev–Trinajstić information content (AvgIpc) is 2.94. The quantitative estimate of drug-likeness (QED) is 0.913. The van der Waals surface area contributed by atoms with Crippen LogP contribution >= 0.6 is 0 Å². The normalized spacial score (nSPS) is 14.0. The smallest absolute Gasteiger partial charge is 0.409 e. The van der Waals surface area contributed by atoms with Gasteiger partial charge in [-0.2, -0.15) is 0 Å². The van der Waals surface area contributed by atoms with Gasteiger partial charge in [0, 0.05) is 13.0 Å². The summed E-state index contributed by atoms with van der Waals surface area (Å²) in [6.45, 7) is 2.18. The lowest BCUT2D eigenvalue weighted by atomic mass is 9.98. The number of carbonyl (C=O) groups is 1. The molecule has 0 aromatic heterocycles. The van der Waals surface area contributed by atoms with Crippen LogP contribution in [0.1, 0.15) is 30.4 Å². The zero-order valence-electron chi connectivity index (χ0n) is 14.1. The lowest BCUT2D eigenvalue weighted by molar-refractivity contribution is 0.0780. The van der Waals surface area contributed by atoms with Gasteiger partial charge < -0.3 is 14.7 Å². The maximum absolute atomic E-state index is 12.3. The molecule has 0 heterocycles. The maximum Gasteiger partial charge on any atom is 0.409 e. The number of ether oxygens (including phenoxy) is 1. The standard InChI is InChI=1S/C20H23NO3/c1-3-14(12-22)21(2)20(23)24-13-19-17-10-6-4-8-15(17)16-9-5-7-11-18(16)19/h4-11,14,19,22H,3,12-13H2,1-2H3. The molecule has 0 aliphatic heterocycles. The third kappa shape index (κ3) is 2.89. The Kier molecular flexibility index (Phi) is 4.86. The van der Waals surface area contributed by atoms with Crippen LogP contribution in [0.4, 0.5) is 4.79 Å². The zero-order chi connectivity index (χ0) is 17.1. The molecule has 4 heteroatoms. The number of nitrogens with zero attached hydrogens (tertiary/aromatic N) is 1. The van der Waals surface area contributed by atoms with Crippen LogP contribution in [0.2, 0.25) is 0 Å². The Bertz CT molecular complexity index is 679. The molecule has 1 unspecified atom stereocenters. The van der Waals surface area contributed by atoms with E-state index < -0.39 is 6.09 Å². The summed E-state index contributed by atoms with van der Waals surface area (Å²) in [4.78, 5) is 13.8. The summed E-state index contributed by atoms with van der Waals surface area (Å²) in [6.07, 6.45) is 0.301. The third-order valence-corrected chi connectivity index (χ3v) is 4.85. The van der Waals surface area contributed by atoms with Crippen LogP contribution in [0.25, 0.3) is 11.1 Å². The van der Waals surface area contributed by atoms with Crippen LogP contribution in [0.15, 0.2) is 48.5 Å². The number of likely N-dealkylation sites (N-methyl/N-ethyl adjacent to an activating group) is 1. The highest BCUT2D eigenvalue weighted by Gasteiger charge is 2.29. The lowest BCUT2D eigenvalue weighted by Crippen LogP contribution is -2.39. The molecule has 3 rings (SSSR count). The molecule has 24 heavy (non-hydrogen) atoms. The highest BCUT2D eigenvalue weighted by molar-refractivity contribution is 5.79. The minimum absolute atomic E-state index is 0.0583. The molecule has 2 aromatic rings. The Morgan fingerprint density at radius 2 is 1.67 bits per heavy atom. The van der Waals surface area contributed by atoms with Crippen molar-refractivity contribution in [3.8, 4) is 11.1 Å². The van der Waals surface area contributed by atoms with E-state index in [-0.39, 0.29) is 18.6 Å². The van der Waals surface area contributed by atoms with Crippen molar-refractivity contribution in [3.05, 3.63) is 59.7 Å². The molecule has 2 aromatic carbocycles.